The van der Waals surface area contributed by atoms with Crippen LogP contribution in [-0.2, 0) is 6.54 Å². The number of hydrogen-bond acceptors (Lipinski definition) is 6. The van der Waals surface area contributed by atoms with Crippen molar-refractivity contribution < 1.29 is 9.47 Å². The zero-order valence-electron chi connectivity index (χ0n) is 15.1. The predicted molar refractivity (Wildman–Crippen MR) is 103 cm³/mol. The number of nitrogens with one attached hydrogen (secondary N) is 2. The highest BCUT2D eigenvalue weighted by Gasteiger charge is 2.04. The van der Waals surface area contributed by atoms with E-state index in [1.807, 2.05) is 61.5 Å². The molecular formula is C20H22N4O2. The Bertz CT molecular complexity index is 849. The number of anilines is 3. The lowest BCUT2D eigenvalue weighted by molar-refractivity contribution is 0.414. The summed E-state index contributed by atoms with van der Waals surface area (Å²) in [4.78, 5) is 8.88. The normalized spacial score (nSPS) is 10.3. The van der Waals surface area contributed by atoms with Gasteiger partial charge in [0, 0.05) is 18.3 Å². The fraction of sp³-hybridized carbons (Fsp3) is 0.200. The van der Waals surface area contributed by atoms with Crippen molar-refractivity contribution in [2.75, 3.05) is 24.9 Å². The van der Waals surface area contributed by atoms with E-state index in [1.54, 1.807) is 14.2 Å². The summed E-state index contributed by atoms with van der Waals surface area (Å²) in [5.74, 6) is 3.86. The molecule has 0 aliphatic heterocycles. The highest BCUT2D eigenvalue weighted by molar-refractivity contribution is 5.60. The van der Waals surface area contributed by atoms with Crippen LogP contribution < -0.4 is 20.1 Å². The van der Waals surface area contributed by atoms with Gasteiger partial charge < -0.3 is 20.1 Å². The first-order chi connectivity index (χ1) is 12.7. The third kappa shape index (κ3) is 4.63. The van der Waals surface area contributed by atoms with Crippen molar-refractivity contribution >= 4 is 17.3 Å². The topological polar surface area (TPSA) is 68.3 Å². The molecule has 6 nitrogen and oxygen atoms in total. The van der Waals surface area contributed by atoms with Crippen molar-refractivity contribution in [1.29, 1.82) is 0 Å². The summed E-state index contributed by atoms with van der Waals surface area (Å²) in [7, 11) is 3.31. The molecule has 26 heavy (non-hydrogen) atoms. The molecule has 1 aromatic heterocycles. The highest BCUT2D eigenvalue weighted by Crippen LogP contribution is 2.21. The molecule has 2 aromatic carbocycles. The number of hydrogen-bond donors (Lipinski definition) is 2. The smallest absolute Gasteiger partial charge is 0.136 e. The summed E-state index contributed by atoms with van der Waals surface area (Å²) >= 11 is 0. The van der Waals surface area contributed by atoms with Crippen LogP contribution in [0.25, 0.3) is 0 Å². The van der Waals surface area contributed by atoms with Gasteiger partial charge >= 0.3 is 0 Å². The van der Waals surface area contributed by atoms with E-state index in [9.17, 15) is 0 Å². The summed E-state index contributed by atoms with van der Waals surface area (Å²) in [5.41, 5.74) is 2.08. The molecule has 3 rings (SSSR count). The summed E-state index contributed by atoms with van der Waals surface area (Å²) in [6.07, 6.45) is 0. The Morgan fingerprint density at radius 1 is 0.808 bits per heavy atom. The van der Waals surface area contributed by atoms with Crippen molar-refractivity contribution in [3.8, 4) is 11.5 Å². The summed E-state index contributed by atoms with van der Waals surface area (Å²) in [6.45, 7) is 2.54. The van der Waals surface area contributed by atoms with Crippen LogP contribution in [0.2, 0.25) is 0 Å². The molecule has 2 N–H and O–H groups in total. The van der Waals surface area contributed by atoms with Gasteiger partial charge in [0.1, 0.15) is 29.0 Å². The van der Waals surface area contributed by atoms with Crippen LogP contribution in [0.3, 0.4) is 0 Å². The SMILES string of the molecule is COc1ccc(CNc2cc(Nc3ccc(OC)cc3)nc(C)n2)cc1. The van der Waals surface area contributed by atoms with Crippen LogP contribution in [0.5, 0.6) is 11.5 Å². The second-order valence-corrected chi connectivity index (χ2v) is 5.74. The van der Waals surface area contributed by atoms with E-state index in [4.69, 9.17) is 9.47 Å². The van der Waals surface area contributed by atoms with Crippen molar-refractivity contribution in [2.45, 2.75) is 13.5 Å². The Labute approximate surface area is 153 Å². The Morgan fingerprint density at radius 3 is 2.00 bits per heavy atom. The first-order valence-corrected chi connectivity index (χ1v) is 8.30. The molecule has 0 aliphatic rings. The first kappa shape index (κ1) is 17.5. The van der Waals surface area contributed by atoms with Gasteiger partial charge in [-0.15, -0.1) is 0 Å². The molecule has 0 atom stereocenters. The Hall–Kier alpha value is -3.28. The van der Waals surface area contributed by atoms with Crippen LogP contribution >= 0.6 is 0 Å². The van der Waals surface area contributed by atoms with Crippen molar-refractivity contribution in [3.05, 3.63) is 66.0 Å². The molecular weight excluding hydrogens is 328 g/mol. The van der Waals surface area contributed by atoms with Crippen LogP contribution in [0.4, 0.5) is 17.3 Å². The number of benzene rings is 2. The second kappa shape index (κ2) is 8.20. The van der Waals surface area contributed by atoms with Gasteiger partial charge in [-0.3, -0.25) is 0 Å². The van der Waals surface area contributed by atoms with E-state index in [0.29, 0.717) is 12.4 Å². The summed E-state index contributed by atoms with van der Waals surface area (Å²) < 4.78 is 10.4. The van der Waals surface area contributed by atoms with Crippen LogP contribution in [-0.4, -0.2) is 24.2 Å². The number of rotatable bonds is 7. The van der Waals surface area contributed by atoms with E-state index in [1.165, 1.54) is 0 Å². The maximum Gasteiger partial charge on any atom is 0.136 e. The molecule has 0 unspecified atom stereocenters. The lowest BCUT2D eigenvalue weighted by atomic mass is 10.2. The standard InChI is InChI=1S/C20H22N4O2/c1-14-22-19(21-13-15-4-8-17(25-2)9-5-15)12-20(23-14)24-16-6-10-18(26-3)11-7-16/h4-12H,13H2,1-3H3,(H2,21,22,23,24). The zero-order chi connectivity index (χ0) is 18.4. The predicted octanol–water partition coefficient (Wildman–Crippen LogP) is 4.16. The van der Waals surface area contributed by atoms with Gasteiger partial charge in [0.2, 0.25) is 0 Å². The average Bonchev–Trinajstić information content (AvgIpc) is 2.67. The molecule has 134 valence electrons. The van der Waals surface area contributed by atoms with Gasteiger partial charge in [-0.1, -0.05) is 12.1 Å². The maximum absolute atomic E-state index is 5.18. The van der Waals surface area contributed by atoms with Crippen molar-refractivity contribution in [3.63, 3.8) is 0 Å². The number of ether oxygens (including phenoxy) is 2. The fourth-order valence-corrected chi connectivity index (χ4v) is 2.48. The molecule has 0 spiro atoms. The second-order valence-electron chi connectivity index (χ2n) is 5.74. The van der Waals surface area contributed by atoms with E-state index in [-0.39, 0.29) is 0 Å². The lowest BCUT2D eigenvalue weighted by Crippen LogP contribution is -2.05. The highest BCUT2D eigenvalue weighted by atomic mass is 16.5. The zero-order valence-corrected chi connectivity index (χ0v) is 15.1. The molecule has 1 heterocycles. The third-order valence-electron chi connectivity index (χ3n) is 3.83. The molecule has 0 saturated heterocycles. The Balaban J connectivity index is 1.67. The number of aryl methyl sites for hydroxylation is 1. The van der Waals surface area contributed by atoms with E-state index in [0.717, 1.165) is 34.4 Å². The van der Waals surface area contributed by atoms with Crippen LogP contribution in [0.1, 0.15) is 11.4 Å². The molecule has 6 heteroatoms. The minimum Gasteiger partial charge on any atom is -0.497 e. The van der Waals surface area contributed by atoms with Crippen LogP contribution in [0, 0.1) is 6.92 Å². The van der Waals surface area contributed by atoms with Gasteiger partial charge in [-0.2, -0.15) is 0 Å². The average molecular weight is 350 g/mol. The largest absolute Gasteiger partial charge is 0.497 e. The number of nitrogens with zero attached hydrogens (tertiary/aromatic N) is 2. The van der Waals surface area contributed by atoms with Gasteiger partial charge in [0.25, 0.3) is 0 Å². The molecule has 0 radical (unpaired) electrons. The summed E-state index contributed by atoms with van der Waals surface area (Å²) in [5, 5.41) is 6.62. The summed E-state index contributed by atoms with van der Waals surface area (Å²) in [6, 6.07) is 17.5. The van der Waals surface area contributed by atoms with E-state index in [2.05, 4.69) is 20.6 Å². The monoisotopic (exact) mass is 350 g/mol. The van der Waals surface area contributed by atoms with E-state index < -0.39 is 0 Å². The van der Waals surface area contributed by atoms with Gasteiger partial charge in [0.05, 0.1) is 14.2 Å². The fourth-order valence-electron chi connectivity index (χ4n) is 2.48. The van der Waals surface area contributed by atoms with E-state index >= 15 is 0 Å². The minimum absolute atomic E-state index is 0.669. The van der Waals surface area contributed by atoms with Gasteiger partial charge in [-0.25, -0.2) is 9.97 Å². The molecule has 3 aromatic rings. The number of aromatic nitrogens is 2. The lowest BCUT2D eigenvalue weighted by Gasteiger charge is -2.11. The third-order valence-corrected chi connectivity index (χ3v) is 3.83. The quantitative estimate of drug-likeness (QED) is 0.667. The number of methoxy groups -OCH3 is 2. The minimum atomic E-state index is 0.669. The maximum atomic E-state index is 5.18. The molecule has 0 aliphatic carbocycles. The molecule has 0 amide bonds. The first-order valence-electron chi connectivity index (χ1n) is 8.30. The molecule has 0 saturated carbocycles. The van der Waals surface area contributed by atoms with Gasteiger partial charge in [0.15, 0.2) is 0 Å². The Morgan fingerprint density at radius 2 is 1.38 bits per heavy atom. The molecule has 0 bridgehead atoms. The van der Waals surface area contributed by atoms with Gasteiger partial charge in [-0.05, 0) is 48.9 Å². The molecule has 0 fully saturated rings. The van der Waals surface area contributed by atoms with Crippen molar-refractivity contribution in [1.82, 2.24) is 9.97 Å². The van der Waals surface area contributed by atoms with Crippen molar-refractivity contribution in [2.24, 2.45) is 0 Å². The van der Waals surface area contributed by atoms with Crippen LogP contribution in [0.15, 0.2) is 54.6 Å². The Kier molecular flexibility index (Phi) is 5.53.